The third-order valence-electron chi connectivity index (χ3n) is 4.11. The van der Waals surface area contributed by atoms with E-state index in [2.05, 4.69) is 9.62 Å². The standard InChI is InChI=1S/C15H23ClN4O4S/c1-11(2)14(15(21)17-22)18-25(23,24)20-9-7-19(8-10-20)13-5-3-12(16)4-6-13/h3-6,11,14,18,22H,7-10H2,1-2H3,(H,17,21)/t14-/m1/s1. The first-order chi connectivity index (χ1) is 11.7. The summed E-state index contributed by atoms with van der Waals surface area (Å²) in [6.07, 6.45) is 0. The van der Waals surface area contributed by atoms with Gasteiger partial charge < -0.3 is 4.90 Å². The van der Waals surface area contributed by atoms with E-state index in [1.807, 2.05) is 12.1 Å². The molecule has 140 valence electrons. The van der Waals surface area contributed by atoms with Gasteiger partial charge in [-0.15, -0.1) is 0 Å². The summed E-state index contributed by atoms with van der Waals surface area (Å²) in [5.41, 5.74) is 2.48. The second-order valence-corrected chi connectivity index (χ2v) is 8.32. The minimum absolute atomic E-state index is 0.295. The summed E-state index contributed by atoms with van der Waals surface area (Å²) >= 11 is 5.88. The molecule has 1 saturated heterocycles. The number of carbonyl (C=O) groups excluding carboxylic acids is 1. The molecule has 10 heteroatoms. The highest BCUT2D eigenvalue weighted by Gasteiger charge is 2.32. The van der Waals surface area contributed by atoms with Crippen LogP contribution in [0.1, 0.15) is 13.8 Å². The highest BCUT2D eigenvalue weighted by atomic mass is 35.5. The number of anilines is 1. The van der Waals surface area contributed by atoms with E-state index in [0.29, 0.717) is 31.2 Å². The third-order valence-corrected chi connectivity index (χ3v) is 5.95. The fourth-order valence-corrected chi connectivity index (χ4v) is 4.25. The molecule has 0 saturated carbocycles. The lowest BCUT2D eigenvalue weighted by Crippen LogP contribution is -2.57. The van der Waals surface area contributed by atoms with E-state index in [9.17, 15) is 13.2 Å². The summed E-state index contributed by atoms with van der Waals surface area (Å²) in [6.45, 7) is 5.04. The van der Waals surface area contributed by atoms with Crippen molar-refractivity contribution < 1.29 is 18.4 Å². The van der Waals surface area contributed by atoms with Gasteiger partial charge in [-0.2, -0.15) is 17.4 Å². The van der Waals surface area contributed by atoms with E-state index in [0.717, 1.165) is 5.69 Å². The molecule has 1 aliphatic rings. The SMILES string of the molecule is CC(C)[C@@H](NS(=O)(=O)N1CCN(c2ccc(Cl)cc2)CC1)C(=O)NO. The number of hydrogen-bond donors (Lipinski definition) is 3. The van der Waals surface area contributed by atoms with Gasteiger partial charge in [0, 0.05) is 36.9 Å². The van der Waals surface area contributed by atoms with Crippen LogP contribution in [0.4, 0.5) is 5.69 Å². The highest BCUT2D eigenvalue weighted by molar-refractivity contribution is 7.87. The van der Waals surface area contributed by atoms with E-state index < -0.39 is 22.2 Å². The maximum absolute atomic E-state index is 12.5. The second kappa shape index (κ2) is 8.33. The molecule has 0 spiro atoms. The molecule has 0 aromatic heterocycles. The van der Waals surface area contributed by atoms with Gasteiger partial charge in [0.25, 0.3) is 16.1 Å². The van der Waals surface area contributed by atoms with Gasteiger partial charge in [-0.05, 0) is 30.2 Å². The van der Waals surface area contributed by atoms with Gasteiger partial charge in [0.05, 0.1) is 0 Å². The molecule has 0 bridgehead atoms. The Morgan fingerprint density at radius 2 is 1.72 bits per heavy atom. The Bertz CT molecular complexity index is 688. The van der Waals surface area contributed by atoms with Crippen LogP contribution in [-0.4, -0.2) is 56.1 Å². The molecule has 1 amide bonds. The number of hydroxylamine groups is 1. The fourth-order valence-electron chi connectivity index (χ4n) is 2.64. The van der Waals surface area contributed by atoms with E-state index in [-0.39, 0.29) is 5.92 Å². The molecule has 25 heavy (non-hydrogen) atoms. The lowest BCUT2D eigenvalue weighted by atomic mass is 10.1. The van der Waals surface area contributed by atoms with Crippen LogP contribution in [0.2, 0.25) is 5.02 Å². The van der Waals surface area contributed by atoms with Crippen molar-refractivity contribution in [3.05, 3.63) is 29.3 Å². The average Bonchev–Trinajstić information content (AvgIpc) is 2.59. The minimum atomic E-state index is -3.83. The summed E-state index contributed by atoms with van der Waals surface area (Å²) < 4.78 is 28.7. The van der Waals surface area contributed by atoms with Crippen molar-refractivity contribution >= 4 is 33.4 Å². The summed E-state index contributed by atoms with van der Waals surface area (Å²) in [5, 5.41) is 9.43. The van der Waals surface area contributed by atoms with Crippen molar-refractivity contribution in [3.63, 3.8) is 0 Å². The van der Waals surface area contributed by atoms with E-state index >= 15 is 0 Å². The quantitative estimate of drug-likeness (QED) is 0.493. The predicted octanol–water partition coefficient (Wildman–Crippen LogP) is 0.826. The van der Waals surface area contributed by atoms with Crippen LogP contribution < -0.4 is 15.1 Å². The number of nitrogens with zero attached hydrogens (tertiary/aromatic N) is 2. The van der Waals surface area contributed by atoms with Crippen molar-refractivity contribution in [3.8, 4) is 0 Å². The number of hydrogen-bond acceptors (Lipinski definition) is 5. The Hall–Kier alpha value is -1.39. The van der Waals surface area contributed by atoms with Crippen molar-refractivity contribution in [1.82, 2.24) is 14.5 Å². The van der Waals surface area contributed by atoms with E-state index in [1.54, 1.807) is 26.0 Å². The van der Waals surface area contributed by atoms with Gasteiger partial charge in [0.15, 0.2) is 0 Å². The normalized spacial score (nSPS) is 17.6. The largest absolute Gasteiger partial charge is 0.369 e. The van der Waals surface area contributed by atoms with Crippen LogP contribution in [0.5, 0.6) is 0 Å². The molecule has 1 atom stereocenters. The zero-order valence-corrected chi connectivity index (χ0v) is 15.7. The summed E-state index contributed by atoms with van der Waals surface area (Å²) in [5.74, 6) is -1.09. The lowest BCUT2D eigenvalue weighted by Gasteiger charge is -2.36. The first kappa shape index (κ1) is 19.9. The predicted molar refractivity (Wildman–Crippen MR) is 95.8 cm³/mol. The van der Waals surface area contributed by atoms with Crippen LogP contribution >= 0.6 is 11.6 Å². The van der Waals surface area contributed by atoms with Gasteiger partial charge in [-0.3, -0.25) is 10.0 Å². The van der Waals surface area contributed by atoms with Gasteiger partial charge in [0.1, 0.15) is 6.04 Å². The highest BCUT2D eigenvalue weighted by Crippen LogP contribution is 2.20. The number of benzene rings is 1. The first-order valence-electron chi connectivity index (χ1n) is 7.96. The van der Waals surface area contributed by atoms with Crippen molar-refractivity contribution in [2.75, 3.05) is 31.1 Å². The number of amides is 1. The molecule has 0 aliphatic carbocycles. The molecule has 8 nitrogen and oxygen atoms in total. The summed E-state index contributed by atoms with van der Waals surface area (Å²) in [7, 11) is -3.83. The molecular weight excluding hydrogens is 368 g/mol. The molecule has 1 aromatic carbocycles. The molecule has 1 aliphatic heterocycles. The third kappa shape index (κ3) is 5.05. The number of nitrogens with one attached hydrogen (secondary N) is 2. The van der Waals surface area contributed by atoms with Gasteiger partial charge in [-0.25, -0.2) is 5.48 Å². The van der Waals surface area contributed by atoms with Gasteiger partial charge >= 0.3 is 0 Å². The minimum Gasteiger partial charge on any atom is -0.369 e. The van der Waals surface area contributed by atoms with Crippen molar-refractivity contribution in [1.29, 1.82) is 0 Å². The Kier molecular flexibility index (Phi) is 6.64. The monoisotopic (exact) mass is 390 g/mol. The molecular formula is C15H23ClN4O4S. The maximum atomic E-state index is 12.5. The van der Waals surface area contributed by atoms with Crippen LogP contribution in [0, 0.1) is 5.92 Å². The molecule has 3 N–H and O–H groups in total. The van der Waals surface area contributed by atoms with Crippen LogP contribution in [0.3, 0.4) is 0 Å². The van der Waals surface area contributed by atoms with Crippen molar-refractivity contribution in [2.45, 2.75) is 19.9 Å². The summed E-state index contributed by atoms with van der Waals surface area (Å²) in [4.78, 5) is 13.7. The van der Waals surface area contributed by atoms with Crippen LogP contribution in [0.25, 0.3) is 0 Å². The smallest absolute Gasteiger partial charge is 0.280 e. The molecule has 1 aromatic rings. The lowest BCUT2D eigenvalue weighted by molar-refractivity contribution is -0.131. The Morgan fingerprint density at radius 1 is 1.16 bits per heavy atom. The van der Waals surface area contributed by atoms with Gasteiger partial charge in [-0.1, -0.05) is 25.4 Å². The number of halogens is 1. The Morgan fingerprint density at radius 3 is 2.20 bits per heavy atom. The zero-order chi connectivity index (χ0) is 18.6. The zero-order valence-electron chi connectivity index (χ0n) is 14.1. The van der Waals surface area contributed by atoms with Crippen molar-refractivity contribution in [2.24, 2.45) is 5.92 Å². The topological polar surface area (TPSA) is 102 Å². The average molecular weight is 391 g/mol. The van der Waals surface area contributed by atoms with Gasteiger partial charge in [0.2, 0.25) is 0 Å². The van der Waals surface area contributed by atoms with Crippen LogP contribution in [-0.2, 0) is 15.0 Å². The number of piperazine rings is 1. The first-order valence-corrected chi connectivity index (χ1v) is 9.78. The number of carbonyl (C=O) groups is 1. The fraction of sp³-hybridized carbons (Fsp3) is 0.533. The van der Waals surface area contributed by atoms with E-state index in [4.69, 9.17) is 16.8 Å². The molecule has 0 radical (unpaired) electrons. The molecule has 1 heterocycles. The molecule has 2 rings (SSSR count). The Labute approximate surface area is 152 Å². The maximum Gasteiger partial charge on any atom is 0.280 e. The Balaban J connectivity index is 2.00. The second-order valence-electron chi connectivity index (χ2n) is 6.18. The summed E-state index contributed by atoms with van der Waals surface area (Å²) in [6, 6.07) is 6.34. The molecule has 0 unspecified atom stereocenters. The molecule has 1 fully saturated rings. The van der Waals surface area contributed by atoms with Crippen LogP contribution in [0.15, 0.2) is 24.3 Å². The van der Waals surface area contributed by atoms with E-state index in [1.165, 1.54) is 9.79 Å². The number of rotatable bonds is 6.